The Kier molecular flexibility index (Phi) is 7.85. The maximum Gasteiger partial charge on any atom is 0.406 e. The van der Waals surface area contributed by atoms with E-state index >= 15 is 0 Å². The van der Waals surface area contributed by atoms with E-state index in [2.05, 4.69) is 27.2 Å². The lowest BCUT2D eigenvalue weighted by atomic mass is 9.61. The predicted octanol–water partition coefficient (Wildman–Crippen LogP) is 5.47. The minimum atomic E-state index is -4.62. The zero-order valence-corrected chi connectivity index (χ0v) is 24.7. The van der Waals surface area contributed by atoms with E-state index in [1.165, 1.54) is 32.4 Å². The zero-order valence-electron chi connectivity index (χ0n) is 24.7. The first kappa shape index (κ1) is 30.0. The van der Waals surface area contributed by atoms with Crippen LogP contribution in [0.3, 0.4) is 0 Å². The van der Waals surface area contributed by atoms with Gasteiger partial charge in [-0.05, 0) is 57.9 Å². The van der Waals surface area contributed by atoms with Crippen molar-refractivity contribution < 1.29 is 31.8 Å². The van der Waals surface area contributed by atoms with Gasteiger partial charge in [-0.3, -0.25) is 9.78 Å². The molecule has 44 heavy (non-hydrogen) atoms. The monoisotopic (exact) mass is 614 g/mol. The molecule has 4 heterocycles. The topological polar surface area (TPSA) is 92.7 Å². The number of nitrogens with zero attached hydrogens (tertiary/aromatic N) is 5. The smallest absolute Gasteiger partial charge is 0.406 e. The number of hydrogen-bond donors (Lipinski definition) is 1. The first-order chi connectivity index (χ1) is 20.9. The molecule has 3 aromatic rings. The number of pyridine rings is 1. The van der Waals surface area contributed by atoms with Crippen LogP contribution in [0.1, 0.15) is 61.3 Å². The number of fused-ring (bicyclic) bond motifs is 1. The number of nitrogens with one attached hydrogen (secondary N) is 1. The van der Waals surface area contributed by atoms with Gasteiger partial charge in [0.15, 0.2) is 11.6 Å². The number of alkyl halides is 3. The number of ether oxygens (including phenoxy) is 2. The first-order valence-corrected chi connectivity index (χ1v) is 14.7. The van der Waals surface area contributed by atoms with Crippen LogP contribution in [0.4, 0.5) is 23.4 Å². The third kappa shape index (κ3) is 6.01. The molecule has 2 aliphatic heterocycles. The number of hydrogen-bond acceptors (Lipinski definition) is 8. The lowest BCUT2D eigenvalue weighted by Gasteiger charge is -2.59. The van der Waals surface area contributed by atoms with E-state index < -0.39 is 30.5 Å². The van der Waals surface area contributed by atoms with E-state index in [0.717, 1.165) is 54.9 Å². The molecular weight excluding hydrogens is 580 g/mol. The van der Waals surface area contributed by atoms with E-state index in [-0.39, 0.29) is 34.6 Å². The SMILES string of the molecule is CC1NCCc2nccc(OC3CC4(C3)CN(c3ncncc3Oc3ccc(F)cc3C(=O)N(CC(F)(F)F)C(C)C)C4)c21. The Morgan fingerprint density at radius 2 is 1.93 bits per heavy atom. The average Bonchev–Trinajstić information content (AvgIpc) is 2.93. The van der Waals surface area contributed by atoms with Gasteiger partial charge in [-0.2, -0.15) is 13.2 Å². The molecule has 1 saturated heterocycles. The van der Waals surface area contributed by atoms with Gasteiger partial charge in [-0.1, -0.05) is 0 Å². The van der Waals surface area contributed by atoms with Crippen molar-refractivity contribution in [2.45, 2.75) is 64.4 Å². The second kappa shape index (κ2) is 11.5. The number of rotatable bonds is 8. The summed E-state index contributed by atoms with van der Waals surface area (Å²) in [6, 6.07) is 4.53. The molecular formula is C31H34F4N6O3. The highest BCUT2D eigenvalue weighted by Crippen LogP contribution is 2.52. The molecule has 2 aromatic heterocycles. The van der Waals surface area contributed by atoms with E-state index in [0.29, 0.717) is 23.8 Å². The summed E-state index contributed by atoms with van der Waals surface area (Å²) in [6.45, 7) is 5.88. The summed E-state index contributed by atoms with van der Waals surface area (Å²) >= 11 is 0. The highest BCUT2D eigenvalue weighted by Gasteiger charge is 2.54. The van der Waals surface area contributed by atoms with Crippen molar-refractivity contribution in [3.8, 4) is 17.2 Å². The molecule has 1 unspecified atom stereocenters. The molecule has 6 rings (SSSR count). The van der Waals surface area contributed by atoms with Gasteiger partial charge in [-0.25, -0.2) is 14.4 Å². The average molecular weight is 615 g/mol. The quantitative estimate of drug-likeness (QED) is 0.334. The van der Waals surface area contributed by atoms with Crippen LogP contribution >= 0.6 is 0 Å². The Morgan fingerprint density at radius 1 is 1.16 bits per heavy atom. The van der Waals surface area contributed by atoms with Gasteiger partial charge in [0.1, 0.15) is 36.3 Å². The first-order valence-electron chi connectivity index (χ1n) is 14.7. The van der Waals surface area contributed by atoms with Crippen molar-refractivity contribution >= 4 is 11.7 Å². The van der Waals surface area contributed by atoms with Gasteiger partial charge < -0.3 is 24.6 Å². The Morgan fingerprint density at radius 3 is 2.66 bits per heavy atom. The summed E-state index contributed by atoms with van der Waals surface area (Å²) in [5.74, 6) is -0.270. The summed E-state index contributed by atoms with van der Waals surface area (Å²) < 4.78 is 66.4. The third-order valence-corrected chi connectivity index (χ3v) is 8.53. The van der Waals surface area contributed by atoms with E-state index in [1.807, 2.05) is 11.0 Å². The summed E-state index contributed by atoms with van der Waals surface area (Å²) in [5.41, 5.74) is 1.96. The van der Waals surface area contributed by atoms with Gasteiger partial charge >= 0.3 is 6.18 Å². The summed E-state index contributed by atoms with van der Waals surface area (Å²) in [5, 5.41) is 3.47. The number of aromatic nitrogens is 3. The number of carbonyl (C=O) groups excluding carboxylic acids is 1. The van der Waals surface area contributed by atoms with Crippen molar-refractivity contribution in [2.75, 3.05) is 31.1 Å². The normalized spacial score (nSPS) is 19.3. The Labute approximate surface area is 252 Å². The highest BCUT2D eigenvalue weighted by molar-refractivity contribution is 5.97. The van der Waals surface area contributed by atoms with E-state index in [1.54, 1.807) is 6.20 Å². The van der Waals surface area contributed by atoms with Crippen molar-refractivity contribution in [3.05, 3.63) is 65.6 Å². The van der Waals surface area contributed by atoms with E-state index in [4.69, 9.17) is 9.47 Å². The number of halogens is 4. The predicted molar refractivity (Wildman–Crippen MR) is 153 cm³/mol. The van der Waals surface area contributed by atoms with Crippen LogP contribution in [0.5, 0.6) is 17.2 Å². The minimum Gasteiger partial charge on any atom is -0.490 e. The van der Waals surface area contributed by atoms with Gasteiger partial charge in [-0.15, -0.1) is 0 Å². The number of benzene rings is 1. The van der Waals surface area contributed by atoms with Gasteiger partial charge in [0, 0.05) is 55.3 Å². The molecule has 234 valence electrons. The van der Waals surface area contributed by atoms with Crippen LogP contribution < -0.4 is 19.7 Å². The van der Waals surface area contributed by atoms with Crippen molar-refractivity contribution in [1.82, 2.24) is 25.2 Å². The molecule has 0 bridgehead atoms. The number of carbonyl (C=O) groups is 1. The largest absolute Gasteiger partial charge is 0.490 e. The lowest BCUT2D eigenvalue weighted by molar-refractivity contribution is -0.143. The second-order valence-electron chi connectivity index (χ2n) is 12.2. The van der Waals surface area contributed by atoms with Gasteiger partial charge in [0.2, 0.25) is 0 Å². The van der Waals surface area contributed by atoms with Crippen LogP contribution in [0.25, 0.3) is 0 Å². The van der Waals surface area contributed by atoms with Crippen LogP contribution in [-0.4, -0.2) is 70.3 Å². The molecule has 1 amide bonds. The van der Waals surface area contributed by atoms with E-state index in [9.17, 15) is 22.4 Å². The molecule has 1 N–H and O–H groups in total. The van der Waals surface area contributed by atoms with Crippen LogP contribution in [-0.2, 0) is 6.42 Å². The zero-order chi connectivity index (χ0) is 31.2. The molecule has 2 fully saturated rings. The molecule has 1 saturated carbocycles. The Bertz CT molecular complexity index is 1540. The number of anilines is 1. The summed E-state index contributed by atoms with van der Waals surface area (Å²) in [7, 11) is 0. The summed E-state index contributed by atoms with van der Waals surface area (Å²) in [4.78, 5) is 28.9. The molecule has 3 aliphatic rings. The molecule has 13 heteroatoms. The molecule has 1 atom stereocenters. The van der Waals surface area contributed by atoms with Crippen molar-refractivity contribution in [3.63, 3.8) is 0 Å². The van der Waals surface area contributed by atoms with Crippen molar-refractivity contribution in [1.29, 1.82) is 0 Å². The number of amides is 1. The minimum absolute atomic E-state index is 0.0657. The second-order valence-corrected chi connectivity index (χ2v) is 12.2. The molecule has 1 spiro atoms. The van der Waals surface area contributed by atoms with Crippen LogP contribution in [0, 0.1) is 11.2 Å². The molecule has 1 aliphatic carbocycles. The fourth-order valence-corrected chi connectivity index (χ4v) is 6.44. The Hall–Kier alpha value is -4.00. The highest BCUT2D eigenvalue weighted by atomic mass is 19.4. The Balaban J connectivity index is 1.14. The lowest BCUT2D eigenvalue weighted by Crippen LogP contribution is -2.65. The van der Waals surface area contributed by atoms with Crippen LogP contribution in [0.2, 0.25) is 0 Å². The van der Waals surface area contributed by atoms with Crippen LogP contribution in [0.15, 0.2) is 43.0 Å². The van der Waals surface area contributed by atoms with Gasteiger partial charge in [0.25, 0.3) is 5.91 Å². The third-order valence-electron chi connectivity index (χ3n) is 8.53. The standard InChI is InChI=1S/C31H34F4N6O3/c1-18(2)41(16-31(33,34)35)29(42)22-10-20(32)4-5-24(22)44-26-13-36-17-39-28(26)40-14-30(15-40)11-21(12-30)43-25-7-9-38-23-6-8-37-19(3)27(23)25/h4-5,7,9-10,13,17-19,21,37H,6,8,11-12,14-16H2,1-3H3. The molecule has 1 aromatic carbocycles. The summed E-state index contributed by atoms with van der Waals surface area (Å²) in [6.07, 6.45) is 2.71. The van der Waals surface area contributed by atoms with Gasteiger partial charge in [0.05, 0.1) is 17.5 Å². The maximum atomic E-state index is 14.2. The fourth-order valence-electron chi connectivity index (χ4n) is 6.44. The molecule has 0 radical (unpaired) electrons. The van der Waals surface area contributed by atoms with Crippen molar-refractivity contribution in [2.24, 2.45) is 5.41 Å². The fraction of sp³-hybridized carbons (Fsp3) is 0.484. The molecule has 9 nitrogen and oxygen atoms in total. The maximum absolute atomic E-state index is 14.2.